The van der Waals surface area contributed by atoms with Gasteiger partial charge in [-0.05, 0) is 24.3 Å². The van der Waals surface area contributed by atoms with Gasteiger partial charge in [-0.2, -0.15) is 0 Å². The lowest BCUT2D eigenvalue weighted by Crippen LogP contribution is -2.32. The summed E-state index contributed by atoms with van der Waals surface area (Å²) in [7, 11) is 0. The molecule has 0 saturated heterocycles. The van der Waals surface area contributed by atoms with E-state index >= 15 is 0 Å². The second kappa shape index (κ2) is 8.82. The Morgan fingerprint density at radius 3 is 2.57 bits per heavy atom. The molecule has 0 fully saturated rings. The van der Waals surface area contributed by atoms with Crippen molar-refractivity contribution in [3.05, 3.63) is 68.2 Å². The van der Waals surface area contributed by atoms with E-state index in [2.05, 4.69) is 21.2 Å². The van der Waals surface area contributed by atoms with Crippen molar-refractivity contribution < 1.29 is 28.8 Å². The van der Waals surface area contributed by atoms with E-state index in [9.17, 15) is 29.3 Å². The van der Waals surface area contributed by atoms with Gasteiger partial charge in [0, 0.05) is 22.8 Å². The van der Waals surface area contributed by atoms with Crippen molar-refractivity contribution in [2.75, 3.05) is 18.5 Å². The molecular formula is C19H14BrN3O7. The minimum atomic E-state index is -0.845. The number of carbonyl (C=O) groups is 4. The third kappa shape index (κ3) is 4.51. The number of fused-ring (bicyclic) bond motifs is 1. The number of hydrogen-bond donors (Lipinski definition) is 1. The minimum Gasteiger partial charge on any atom is -0.456 e. The van der Waals surface area contributed by atoms with E-state index in [-0.39, 0.29) is 24.1 Å². The van der Waals surface area contributed by atoms with Gasteiger partial charge in [0.2, 0.25) is 0 Å². The summed E-state index contributed by atoms with van der Waals surface area (Å²) in [5.74, 6) is -2.93. The number of rotatable bonds is 7. The zero-order chi connectivity index (χ0) is 21.8. The molecule has 1 aliphatic rings. The first kappa shape index (κ1) is 21.1. The van der Waals surface area contributed by atoms with Crippen molar-refractivity contribution in [2.45, 2.75) is 6.42 Å². The highest BCUT2D eigenvalue weighted by Gasteiger charge is 2.40. The van der Waals surface area contributed by atoms with Crippen molar-refractivity contribution in [3.63, 3.8) is 0 Å². The molecule has 154 valence electrons. The van der Waals surface area contributed by atoms with Crippen molar-refractivity contribution >= 4 is 51.0 Å². The molecule has 0 unspecified atom stereocenters. The molecule has 1 heterocycles. The number of halogens is 1. The summed E-state index contributed by atoms with van der Waals surface area (Å²) >= 11 is 3.27. The standard InChI is InChI=1S/C19H14BrN3O7/c20-11-3-1-4-12(9-11)21-15(24)10-30-16(25)7-8-22-18(26)13-5-2-6-14(23(28)29)17(13)19(22)27/h1-6,9H,7-8,10H2,(H,21,24). The molecule has 2 aromatic rings. The predicted octanol–water partition coefficient (Wildman–Crippen LogP) is 2.53. The number of anilines is 1. The Balaban J connectivity index is 1.53. The molecule has 3 rings (SSSR count). The van der Waals surface area contributed by atoms with E-state index in [4.69, 9.17) is 4.74 Å². The van der Waals surface area contributed by atoms with Crippen molar-refractivity contribution in [1.29, 1.82) is 0 Å². The number of nitrogens with zero attached hydrogens (tertiary/aromatic N) is 2. The fourth-order valence-corrected chi connectivity index (χ4v) is 3.25. The Labute approximate surface area is 178 Å². The zero-order valence-corrected chi connectivity index (χ0v) is 16.9. The van der Waals surface area contributed by atoms with E-state index in [1.54, 1.807) is 24.3 Å². The highest BCUT2D eigenvalue weighted by molar-refractivity contribution is 9.10. The van der Waals surface area contributed by atoms with E-state index in [1.165, 1.54) is 12.1 Å². The molecule has 0 aliphatic carbocycles. The Hall–Kier alpha value is -3.60. The average molecular weight is 476 g/mol. The number of nitro benzene ring substituents is 1. The molecule has 3 amide bonds. The van der Waals surface area contributed by atoms with E-state index in [1.807, 2.05) is 0 Å². The van der Waals surface area contributed by atoms with E-state index < -0.39 is 40.9 Å². The lowest BCUT2D eigenvalue weighted by atomic mass is 10.1. The van der Waals surface area contributed by atoms with Gasteiger partial charge in [-0.15, -0.1) is 0 Å². The summed E-state index contributed by atoms with van der Waals surface area (Å²) in [5, 5.41) is 13.6. The largest absolute Gasteiger partial charge is 0.456 e. The van der Waals surface area contributed by atoms with Crippen LogP contribution in [0, 0.1) is 10.1 Å². The summed E-state index contributed by atoms with van der Waals surface area (Å²) in [6.45, 7) is -0.867. The Morgan fingerprint density at radius 2 is 1.87 bits per heavy atom. The number of ether oxygens (including phenoxy) is 1. The van der Waals surface area contributed by atoms with Gasteiger partial charge in [0.15, 0.2) is 6.61 Å². The molecule has 0 atom stereocenters. The summed E-state index contributed by atoms with van der Waals surface area (Å²) < 4.78 is 5.62. The Kier molecular flexibility index (Phi) is 6.21. The number of imide groups is 1. The third-order valence-corrected chi connectivity index (χ3v) is 4.68. The zero-order valence-electron chi connectivity index (χ0n) is 15.3. The lowest BCUT2D eigenvalue weighted by molar-refractivity contribution is -0.385. The second-order valence-corrected chi connectivity index (χ2v) is 7.10. The van der Waals surface area contributed by atoms with Crippen LogP contribution in [-0.4, -0.2) is 46.7 Å². The number of nitrogens with one attached hydrogen (secondary N) is 1. The maximum atomic E-state index is 12.4. The fourth-order valence-electron chi connectivity index (χ4n) is 2.86. The van der Waals surface area contributed by atoms with Crippen LogP contribution in [-0.2, 0) is 14.3 Å². The third-order valence-electron chi connectivity index (χ3n) is 4.19. The molecule has 0 radical (unpaired) electrons. The topological polar surface area (TPSA) is 136 Å². The SMILES string of the molecule is O=C(COC(=O)CCN1C(=O)c2cccc([N+](=O)[O-])c2C1=O)Nc1cccc(Br)c1. The highest BCUT2D eigenvalue weighted by Crippen LogP contribution is 2.30. The van der Waals surface area contributed by atoms with Crippen LogP contribution in [0.15, 0.2) is 46.9 Å². The summed E-state index contributed by atoms with van der Waals surface area (Å²) in [6, 6.07) is 10.6. The first-order chi connectivity index (χ1) is 14.3. The number of esters is 1. The Bertz CT molecular complexity index is 1070. The minimum absolute atomic E-state index is 0.0871. The number of nitro groups is 1. The van der Waals surface area contributed by atoms with Crippen LogP contribution < -0.4 is 5.32 Å². The molecule has 0 spiro atoms. The van der Waals surface area contributed by atoms with Gasteiger partial charge in [-0.1, -0.05) is 28.1 Å². The number of amides is 3. The fraction of sp³-hybridized carbons (Fsp3) is 0.158. The van der Waals surface area contributed by atoms with Crippen LogP contribution in [0.1, 0.15) is 27.1 Å². The molecule has 30 heavy (non-hydrogen) atoms. The number of hydrogen-bond acceptors (Lipinski definition) is 7. The van der Waals surface area contributed by atoms with Crippen LogP contribution in [0.5, 0.6) is 0 Å². The number of benzene rings is 2. The van der Waals surface area contributed by atoms with Crippen molar-refractivity contribution in [1.82, 2.24) is 4.90 Å². The van der Waals surface area contributed by atoms with Gasteiger partial charge in [0.1, 0.15) is 5.56 Å². The summed E-state index contributed by atoms with van der Waals surface area (Å²) in [4.78, 5) is 59.6. The van der Waals surface area contributed by atoms with Crippen LogP contribution in [0.3, 0.4) is 0 Å². The van der Waals surface area contributed by atoms with Gasteiger partial charge < -0.3 is 10.1 Å². The van der Waals surface area contributed by atoms with E-state index in [0.29, 0.717) is 5.69 Å². The van der Waals surface area contributed by atoms with Crippen molar-refractivity contribution in [2.24, 2.45) is 0 Å². The molecular weight excluding hydrogens is 462 g/mol. The van der Waals surface area contributed by atoms with Crippen LogP contribution >= 0.6 is 15.9 Å². The van der Waals surface area contributed by atoms with Crippen LogP contribution in [0.4, 0.5) is 11.4 Å². The monoisotopic (exact) mass is 475 g/mol. The summed E-state index contributed by atoms with van der Waals surface area (Å²) in [6.07, 6.45) is -0.358. The van der Waals surface area contributed by atoms with Gasteiger partial charge in [-0.3, -0.25) is 34.2 Å². The molecule has 1 N–H and O–H groups in total. The molecule has 10 nitrogen and oxygen atoms in total. The first-order valence-corrected chi connectivity index (χ1v) is 9.42. The number of carbonyl (C=O) groups excluding carboxylic acids is 4. The molecule has 2 aromatic carbocycles. The predicted molar refractivity (Wildman–Crippen MR) is 107 cm³/mol. The lowest BCUT2D eigenvalue weighted by Gasteiger charge is -2.13. The smallest absolute Gasteiger partial charge is 0.308 e. The molecule has 0 bridgehead atoms. The van der Waals surface area contributed by atoms with Crippen molar-refractivity contribution in [3.8, 4) is 0 Å². The Morgan fingerprint density at radius 1 is 1.13 bits per heavy atom. The van der Waals surface area contributed by atoms with Crippen LogP contribution in [0.25, 0.3) is 0 Å². The van der Waals surface area contributed by atoms with Crippen LogP contribution in [0.2, 0.25) is 0 Å². The molecule has 1 aliphatic heterocycles. The van der Waals surface area contributed by atoms with Gasteiger partial charge in [0.25, 0.3) is 23.4 Å². The van der Waals surface area contributed by atoms with E-state index in [0.717, 1.165) is 15.4 Å². The average Bonchev–Trinajstić information content (AvgIpc) is 2.95. The summed E-state index contributed by atoms with van der Waals surface area (Å²) in [5.41, 5.74) is -0.344. The molecule has 0 aromatic heterocycles. The van der Waals surface area contributed by atoms with Gasteiger partial charge in [-0.25, -0.2) is 0 Å². The van der Waals surface area contributed by atoms with Gasteiger partial charge in [0.05, 0.1) is 16.9 Å². The maximum absolute atomic E-state index is 12.4. The highest BCUT2D eigenvalue weighted by atomic mass is 79.9. The first-order valence-electron chi connectivity index (χ1n) is 8.62. The quantitative estimate of drug-likeness (QED) is 0.281. The van der Waals surface area contributed by atoms with Gasteiger partial charge >= 0.3 is 5.97 Å². The normalized spacial score (nSPS) is 12.5. The molecule has 11 heteroatoms. The molecule has 0 saturated carbocycles. The maximum Gasteiger partial charge on any atom is 0.308 e. The second-order valence-electron chi connectivity index (χ2n) is 6.19.